The number of halogens is 2. The van der Waals surface area contributed by atoms with Crippen LogP contribution in [-0.2, 0) is 4.74 Å². The number of benzene rings is 1. The molecule has 0 bridgehead atoms. The molecule has 3 N–H and O–H groups in total. The minimum atomic E-state index is -0.475. The molecule has 1 rings (SSSR count). The van der Waals surface area contributed by atoms with Crippen molar-refractivity contribution in [2.24, 2.45) is 5.73 Å². The van der Waals surface area contributed by atoms with Gasteiger partial charge in [0, 0.05) is 29.2 Å². The predicted molar refractivity (Wildman–Crippen MR) is 86.1 cm³/mol. The van der Waals surface area contributed by atoms with Crippen molar-refractivity contribution in [3.63, 3.8) is 0 Å². The molecule has 2 unspecified atom stereocenters. The molecule has 0 aliphatic carbocycles. The molecule has 0 spiro atoms. The van der Waals surface area contributed by atoms with E-state index in [1.54, 1.807) is 7.11 Å². The number of methoxy groups -OCH3 is 1. The maximum Gasteiger partial charge on any atom is 0.0899 e. The van der Waals surface area contributed by atoms with Crippen LogP contribution in [0.25, 0.3) is 0 Å². The fraction of sp³-hybridized carbons (Fsp3) is 0.571. The van der Waals surface area contributed by atoms with Gasteiger partial charge >= 0.3 is 0 Å². The molecule has 0 radical (unpaired) electrons. The van der Waals surface area contributed by atoms with Gasteiger partial charge in [0.25, 0.3) is 0 Å². The van der Waals surface area contributed by atoms with Crippen LogP contribution in [0, 0.1) is 0 Å². The summed E-state index contributed by atoms with van der Waals surface area (Å²) in [6, 6.07) is 5.62. The zero-order chi connectivity index (χ0) is 15.1. The van der Waals surface area contributed by atoms with E-state index >= 15 is 0 Å². The molecular weight excluding hydrogens is 344 g/mol. The molecule has 0 saturated heterocycles. The van der Waals surface area contributed by atoms with Gasteiger partial charge in [-0.15, -0.1) is 0 Å². The molecule has 1 aromatic carbocycles. The summed E-state index contributed by atoms with van der Waals surface area (Å²) >= 11 is 9.56. The Kier molecular flexibility index (Phi) is 8.02. The van der Waals surface area contributed by atoms with Crippen molar-refractivity contribution in [1.82, 2.24) is 4.90 Å². The second kappa shape index (κ2) is 8.97. The molecule has 114 valence electrons. The number of nitrogens with two attached hydrogens (primary N) is 1. The number of hydrogen-bond acceptors (Lipinski definition) is 4. The van der Waals surface area contributed by atoms with Crippen molar-refractivity contribution in [3.05, 3.63) is 33.3 Å². The van der Waals surface area contributed by atoms with Crippen LogP contribution in [0.15, 0.2) is 22.7 Å². The summed E-state index contributed by atoms with van der Waals surface area (Å²) in [4.78, 5) is 2.04. The standard InChI is InChI=1S/C14H22BrClN2O2/c1-18(8-11(19)9-20-2)6-5-14(17)12-4-3-10(15)7-13(12)16/h3-4,7,11,14,19H,5-6,8-9,17H2,1-2H3. The lowest BCUT2D eigenvalue weighted by molar-refractivity contribution is 0.0428. The molecule has 2 atom stereocenters. The Morgan fingerprint density at radius 3 is 2.80 bits per heavy atom. The lowest BCUT2D eigenvalue weighted by atomic mass is 10.0. The molecule has 0 fully saturated rings. The van der Waals surface area contributed by atoms with Gasteiger partial charge in [-0.3, -0.25) is 0 Å². The molecule has 0 amide bonds. The van der Waals surface area contributed by atoms with E-state index in [1.807, 2.05) is 30.1 Å². The van der Waals surface area contributed by atoms with E-state index in [0.29, 0.717) is 18.2 Å². The molecular formula is C14H22BrClN2O2. The first-order valence-corrected chi connectivity index (χ1v) is 7.67. The summed E-state index contributed by atoms with van der Waals surface area (Å²) in [5, 5.41) is 10.3. The molecule has 0 aliphatic heterocycles. The fourth-order valence-corrected chi connectivity index (χ4v) is 2.83. The molecule has 0 aromatic heterocycles. The lowest BCUT2D eigenvalue weighted by Gasteiger charge is -2.22. The van der Waals surface area contributed by atoms with Crippen LogP contribution in [0.5, 0.6) is 0 Å². The number of aliphatic hydroxyl groups excluding tert-OH is 1. The number of nitrogens with zero attached hydrogens (tertiary/aromatic N) is 1. The van der Waals surface area contributed by atoms with Crippen LogP contribution >= 0.6 is 27.5 Å². The Labute approximate surface area is 134 Å². The summed E-state index contributed by atoms with van der Waals surface area (Å²) < 4.78 is 5.85. The molecule has 0 saturated carbocycles. The van der Waals surface area contributed by atoms with Crippen LogP contribution in [0.1, 0.15) is 18.0 Å². The van der Waals surface area contributed by atoms with Gasteiger partial charge in [-0.05, 0) is 37.7 Å². The van der Waals surface area contributed by atoms with Gasteiger partial charge in [-0.25, -0.2) is 0 Å². The van der Waals surface area contributed by atoms with Crippen molar-refractivity contribution in [2.45, 2.75) is 18.6 Å². The summed E-state index contributed by atoms with van der Waals surface area (Å²) in [5.74, 6) is 0. The molecule has 20 heavy (non-hydrogen) atoms. The first-order valence-electron chi connectivity index (χ1n) is 6.50. The fourth-order valence-electron chi connectivity index (χ4n) is 2.01. The highest BCUT2D eigenvalue weighted by atomic mass is 79.9. The second-order valence-corrected chi connectivity index (χ2v) is 6.26. The van der Waals surface area contributed by atoms with Gasteiger partial charge in [-0.2, -0.15) is 0 Å². The summed E-state index contributed by atoms with van der Waals surface area (Å²) in [6.07, 6.45) is 0.301. The SMILES string of the molecule is COCC(O)CN(C)CCC(N)c1ccc(Br)cc1Cl. The zero-order valence-electron chi connectivity index (χ0n) is 11.9. The maximum atomic E-state index is 9.65. The third-order valence-corrected chi connectivity index (χ3v) is 3.89. The van der Waals surface area contributed by atoms with Gasteiger partial charge in [0.15, 0.2) is 0 Å². The molecule has 6 heteroatoms. The van der Waals surface area contributed by atoms with Crippen LogP contribution < -0.4 is 5.73 Å². The van der Waals surface area contributed by atoms with E-state index in [0.717, 1.165) is 23.0 Å². The van der Waals surface area contributed by atoms with E-state index in [1.165, 1.54) is 0 Å². The Balaban J connectivity index is 2.44. The molecule has 0 heterocycles. The predicted octanol–water partition coefficient (Wildman–Crippen LogP) is 2.43. The van der Waals surface area contributed by atoms with Crippen LogP contribution in [0.2, 0.25) is 5.02 Å². The van der Waals surface area contributed by atoms with E-state index in [-0.39, 0.29) is 6.04 Å². The number of rotatable bonds is 8. The largest absolute Gasteiger partial charge is 0.389 e. The van der Waals surface area contributed by atoms with Crippen molar-refractivity contribution in [3.8, 4) is 0 Å². The highest BCUT2D eigenvalue weighted by molar-refractivity contribution is 9.10. The molecule has 4 nitrogen and oxygen atoms in total. The Hall–Kier alpha value is -0.170. The minimum absolute atomic E-state index is 0.113. The van der Waals surface area contributed by atoms with Gasteiger partial charge < -0.3 is 20.5 Å². The van der Waals surface area contributed by atoms with Crippen LogP contribution in [0.4, 0.5) is 0 Å². The van der Waals surface area contributed by atoms with E-state index in [4.69, 9.17) is 22.1 Å². The first-order chi connectivity index (χ1) is 9.43. The van der Waals surface area contributed by atoms with Gasteiger partial charge in [0.1, 0.15) is 0 Å². The summed E-state index contributed by atoms with van der Waals surface area (Å²) in [5.41, 5.74) is 7.12. The molecule has 0 aliphatic rings. The number of likely N-dealkylation sites (N-methyl/N-ethyl adjacent to an activating group) is 1. The topological polar surface area (TPSA) is 58.7 Å². The Bertz CT molecular complexity index is 420. The summed E-state index contributed by atoms with van der Waals surface area (Å²) in [6.45, 7) is 1.69. The Morgan fingerprint density at radius 2 is 2.20 bits per heavy atom. The smallest absolute Gasteiger partial charge is 0.0899 e. The number of aliphatic hydroxyl groups is 1. The lowest BCUT2D eigenvalue weighted by Crippen LogP contribution is -2.33. The average Bonchev–Trinajstić information content (AvgIpc) is 2.36. The quantitative estimate of drug-likeness (QED) is 0.743. The minimum Gasteiger partial charge on any atom is -0.389 e. The monoisotopic (exact) mass is 364 g/mol. The van der Waals surface area contributed by atoms with Crippen molar-refractivity contribution >= 4 is 27.5 Å². The second-order valence-electron chi connectivity index (χ2n) is 4.93. The van der Waals surface area contributed by atoms with Gasteiger partial charge in [0.05, 0.1) is 12.7 Å². The third-order valence-electron chi connectivity index (χ3n) is 3.07. The number of ether oxygens (including phenoxy) is 1. The van der Waals surface area contributed by atoms with Crippen LogP contribution in [0.3, 0.4) is 0 Å². The van der Waals surface area contributed by atoms with E-state index in [2.05, 4.69) is 15.9 Å². The van der Waals surface area contributed by atoms with Crippen LogP contribution in [-0.4, -0.2) is 50.0 Å². The average molecular weight is 366 g/mol. The highest BCUT2D eigenvalue weighted by Gasteiger charge is 2.13. The normalized spacial score (nSPS) is 14.6. The summed E-state index contributed by atoms with van der Waals surface area (Å²) in [7, 11) is 3.53. The maximum absolute atomic E-state index is 9.65. The van der Waals surface area contributed by atoms with E-state index in [9.17, 15) is 5.11 Å². The molecule has 1 aromatic rings. The van der Waals surface area contributed by atoms with Crippen molar-refractivity contribution in [2.75, 3.05) is 33.9 Å². The van der Waals surface area contributed by atoms with Crippen molar-refractivity contribution < 1.29 is 9.84 Å². The number of hydrogen-bond donors (Lipinski definition) is 2. The first kappa shape index (κ1) is 17.9. The zero-order valence-corrected chi connectivity index (χ0v) is 14.2. The Morgan fingerprint density at radius 1 is 1.50 bits per heavy atom. The van der Waals surface area contributed by atoms with Crippen molar-refractivity contribution in [1.29, 1.82) is 0 Å². The van der Waals surface area contributed by atoms with Gasteiger partial charge in [0.2, 0.25) is 0 Å². The van der Waals surface area contributed by atoms with E-state index < -0.39 is 6.10 Å². The third kappa shape index (κ3) is 6.08. The van der Waals surface area contributed by atoms with Gasteiger partial charge in [-0.1, -0.05) is 33.6 Å². The highest BCUT2D eigenvalue weighted by Crippen LogP contribution is 2.26.